The van der Waals surface area contributed by atoms with Gasteiger partial charge >= 0.3 is 5.69 Å². The molecule has 9 aromatic carbocycles. The Morgan fingerprint density at radius 3 is 0.986 bits per heavy atom. The monoisotopic (exact) mass is 2150 g/mol. The van der Waals surface area contributed by atoms with Gasteiger partial charge in [-0.25, -0.2) is 59.8 Å². The largest absolute Gasteiger partial charge is 0.681 e. The number of nitrogen functional groups attached to an aromatic ring is 1. The van der Waals surface area contributed by atoms with Crippen molar-refractivity contribution in [2.24, 2.45) is 35.2 Å². The fourth-order valence-electron chi connectivity index (χ4n) is 15.9. The first-order valence-electron chi connectivity index (χ1n) is 44.4. The number of hydrogen-bond donors (Lipinski definition) is 8. The van der Waals surface area contributed by atoms with Gasteiger partial charge in [0.2, 0.25) is 40.2 Å². The van der Waals surface area contributed by atoms with Crippen LogP contribution in [-0.4, -0.2) is 121 Å². The molecule has 140 heavy (non-hydrogen) atoms. The van der Waals surface area contributed by atoms with Crippen molar-refractivity contribution in [3.63, 3.8) is 0 Å². The fourth-order valence-corrected chi connectivity index (χ4v) is 16.3. The van der Waals surface area contributed by atoms with E-state index in [4.69, 9.17) is 53.3 Å². The molecule has 0 aliphatic heterocycles. The third kappa shape index (κ3) is 22.6. The first-order valence-corrected chi connectivity index (χ1v) is 44.6. The number of rotatable bonds is 19. The number of fused-ring (bicyclic) bond motifs is 5. The third-order valence-electron chi connectivity index (χ3n) is 22.8. The second kappa shape index (κ2) is 44.4. The Balaban J connectivity index is 0.000000138. The minimum absolute atomic E-state index is 0. The van der Waals surface area contributed by atoms with Crippen LogP contribution in [0.4, 0.5) is 90.7 Å². The van der Waals surface area contributed by atoms with E-state index in [1.165, 1.54) is 51.6 Å². The molecule has 0 atom stereocenters. The van der Waals surface area contributed by atoms with Crippen molar-refractivity contribution < 1.29 is 48.2 Å². The molecular weight excluding hydrogens is 2060 g/mol. The van der Waals surface area contributed by atoms with Crippen LogP contribution in [-0.2, 0) is 35.2 Å². The molecule has 20 aromatic rings. The molecule has 0 spiro atoms. The number of nitrogens with two attached hydrogens (primary N) is 1. The molecule has 0 unspecified atom stereocenters. The molecule has 20 rings (SSSR count). The van der Waals surface area contributed by atoms with E-state index >= 15 is 0 Å². The smallest absolute Gasteiger partial charge is 0.306 e. The summed E-state index contributed by atoms with van der Waals surface area (Å²) < 4.78 is 39.5. The number of halogens is 4. The predicted molar refractivity (Wildman–Crippen MR) is 559 cm³/mol. The Kier molecular flexibility index (Phi) is 30.8. The molecule has 32 nitrogen and oxygen atoms in total. The van der Waals surface area contributed by atoms with E-state index in [0.717, 1.165) is 157 Å². The molecule has 0 saturated carbocycles. The first kappa shape index (κ1) is 97.1. The molecule has 706 valence electrons. The van der Waals surface area contributed by atoms with E-state index in [9.17, 15) is 24.6 Å². The molecule has 37 heteroatoms. The number of aryl methyl sites for hydroxylation is 11. The topological polar surface area (TPSA) is 390 Å². The molecule has 11 heterocycles. The van der Waals surface area contributed by atoms with Crippen LogP contribution in [0.5, 0.6) is 0 Å². The van der Waals surface area contributed by atoms with Crippen LogP contribution >= 0.6 is 34.8 Å². The maximum Gasteiger partial charge on any atom is 0.306 e. The van der Waals surface area contributed by atoms with Crippen molar-refractivity contribution >= 4 is 176 Å². The molecule has 0 bridgehead atoms. The van der Waals surface area contributed by atoms with Gasteiger partial charge in [-0.1, -0.05) is 114 Å². The Morgan fingerprint density at radius 2 is 0.664 bits per heavy atom. The van der Waals surface area contributed by atoms with Gasteiger partial charge in [0.05, 0.1) is 61.1 Å². The molecule has 0 radical (unpaired) electrons. The van der Waals surface area contributed by atoms with Crippen LogP contribution in [0.25, 0.3) is 116 Å². The Hall–Kier alpha value is -16.0. The summed E-state index contributed by atoms with van der Waals surface area (Å²) in [6.07, 6.45) is 20.8. The summed E-state index contributed by atoms with van der Waals surface area (Å²) in [4.78, 5) is 73.1. The van der Waals surface area contributed by atoms with Gasteiger partial charge in [0.1, 0.15) is 5.15 Å². The van der Waals surface area contributed by atoms with Crippen molar-refractivity contribution in [2.75, 3.05) is 71.1 Å². The van der Waals surface area contributed by atoms with Gasteiger partial charge in [-0.2, -0.15) is 4.39 Å². The van der Waals surface area contributed by atoms with Gasteiger partial charge in [0, 0.05) is 278 Å². The number of nitrogens with zero attached hydrogens (tertiary/aromatic N) is 20. The van der Waals surface area contributed by atoms with E-state index in [1.54, 1.807) is 63.1 Å². The molecule has 9 N–H and O–H groups in total. The van der Waals surface area contributed by atoms with Gasteiger partial charge < -0.3 is 71.1 Å². The first-order chi connectivity index (χ1) is 67.7. The van der Waals surface area contributed by atoms with Gasteiger partial charge in [-0.3, -0.25) is 20.2 Å². The summed E-state index contributed by atoms with van der Waals surface area (Å²) in [5, 5.41) is 50.9. The van der Waals surface area contributed by atoms with Gasteiger partial charge in [-0.15, -0.1) is 7.05 Å². The predicted octanol–water partition coefficient (Wildman–Crippen LogP) is 24.7. The van der Waals surface area contributed by atoms with Crippen LogP contribution in [0.1, 0.15) is 33.4 Å². The average Bonchev–Trinajstić information content (AvgIpc) is 1.66. The summed E-state index contributed by atoms with van der Waals surface area (Å²) in [5.74, 6) is 0.785. The zero-order valence-electron chi connectivity index (χ0n) is 80.9. The minimum Gasteiger partial charge on any atom is -0.681 e. The van der Waals surface area contributed by atoms with Crippen LogP contribution in [0, 0.1) is 98.7 Å². The van der Waals surface area contributed by atoms with Gasteiger partial charge in [-0.05, 0) is 177 Å². The zero-order valence-corrected chi connectivity index (χ0v) is 85.3. The van der Waals surface area contributed by atoms with Gasteiger partial charge in [0.15, 0.2) is 2.82 Å². The van der Waals surface area contributed by atoms with Crippen molar-refractivity contribution in [1.82, 2.24) is 82.6 Å². The standard InChI is InChI=1S/C22H24N6.C21H19N6O2.C21H22N6.C20H16FN5O2.C14H12ClN3.C5H4Cl2N2.U/c1-14-12-25-22(26-15-9-10-18(23-2)19(11-15)24-3)27-21(14)17-13-28(4)20-8-6-5-7-16(17)20;1-13-11-23-21(24-14-8-9-17(22-2)19(10-14)27(28)29)25-20(13)16-12-26(3)18-7-5-4-6-15(16)18;1-13-11-24-21(25-14-8-9-18(23-2)17(22)10-14)26-20(13)16-12-27(3)19-7-5-4-6-15(16)19;1-12-10-22-20(23-13-7-8-16(21)18(9-13)26(27)28)24-19(12)15-11-25(2)17-6-4-3-5-14(15)17;1-9-7-16-14(15)17-13(9)11-8-18(2)12-6-4-3-5-10(11)12;1-3-2-8-5(7)9-4(3)6;/h5-13,23-24H,1-4H3,(H,25,26,27);4-12H,1-3H3,(H,23,24,25);4-12,23H,22H2,1-3H3,(H,24,25,26);3-11H,1-2H3,(H,22,23,24);3-8H,1-2H3;2H,1H3;/q;-1;;;;;/i/hD2. The molecule has 0 amide bonds. The number of anilines is 12. The SMILES string of the molecule is C[N-]c1ccc(Nc2ncc(C)c(-c3cn(C)c4ccccc34)n2)cc1[N+](=O)[O-].Cc1cnc(Cl)nc1-c1cn(C)c2ccccc12.Cc1cnc(Cl)nc1Cl.Cc1cnc(Nc2ccc(F)c([N+](=O)[O-])c2)nc1-c1cn(C)c2ccccc12.[2H]N(C)c1ccc(Nc2ncc(C)c(-c3cn(C)c4ccccc34)n2)cc1N.[2H]N(C)c1ccc(Nc2ncc(C)c(-c3cn(C)c4ccccc34)n2)cc1NC.[U]. The molecule has 0 aliphatic carbocycles. The second-order valence-electron chi connectivity index (χ2n) is 32.3. The van der Waals surface area contributed by atoms with Crippen LogP contribution in [0.2, 0.25) is 18.5 Å². The van der Waals surface area contributed by atoms with Crippen molar-refractivity contribution in [3.8, 4) is 56.3 Å². The van der Waals surface area contributed by atoms with Crippen molar-refractivity contribution in [2.45, 2.75) is 41.5 Å². The van der Waals surface area contributed by atoms with E-state index in [-0.39, 0.29) is 53.3 Å². The number of hydrogen-bond acceptors (Lipinski definition) is 24. The molecular formula is C103H97Cl3FN28O4U-. The van der Waals surface area contributed by atoms with Crippen LogP contribution < -0.4 is 42.9 Å². The van der Waals surface area contributed by atoms with E-state index in [2.05, 4.69) is 167 Å². The summed E-state index contributed by atoms with van der Waals surface area (Å²) in [6.45, 7) is 11.7. The Bertz CT molecular complexity index is 8100. The second-order valence-corrected chi connectivity index (χ2v) is 33.4. The van der Waals surface area contributed by atoms with Crippen molar-refractivity contribution in [1.29, 1.82) is 0 Å². The number of aromatic nitrogens is 17. The Labute approximate surface area is 847 Å². The summed E-state index contributed by atoms with van der Waals surface area (Å²) in [6, 6.07) is 60.5. The molecule has 0 saturated heterocycles. The number of benzene rings is 9. The molecule has 0 fully saturated rings. The summed E-state index contributed by atoms with van der Waals surface area (Å²) >= 11 is 16.9. The third-order valence-corrected chi connectivity index (χ3v) is 23.6. The fraction of sp³-hybridized carbons (Fsp3) is 0.146. The number of nitro groups is 2. The maximum absolute atomic E-state index is 13.5. The van der Waals surface area contributed by atoms with E-state index in [0.29, 0.717) is 51.4 Å². The average molecular weight is 2160 g/mol. The van der Waals surface area contributed by atoms with Crippen LogP contribution in [0.3, 0.4) is 0 Å². The van der Waals surface area contributed by atoms with E-state index in [1.807, 2.05) is 210 Å². The maximum atomic E-state index is 13.5. The quantitative estimate of drug-likeness (QED) is 0.0123. The summed E-state index contributed by atoms with van der Waals surface area (Å²) in [7, 11) is 16.8. The zero-order chi connectivity index (χ0) is 100. The Morgan fingerprint density at radius 1 is 0.371 bits per heavy atom. The normalized spacial score (nSPS) is 11.0. The molecule has 0 aliphatic rings. The van der Waals surface area contributed by atoms with Crippen LogP contribution in [0.15, 0.2) is 262 Å². The van der Waals surface area contributed by atoms with E-state index < -0.39 is 21.4 Å². The summed E-state index contributed by atoms with van der Waals surface area (Å²) in [5.41, 5.74) is 31.9. The minimum atomic E-state index is -0.892. The number of nitrogens with one attached hydrogen (secondary N) is 7. The van der Waals surface area contributed by atoms with Crippen molar-refractivity contribution in [3.05, 3.63) is 343 Å². The van der Waals surface area contributed by atoms with Gasteiger partial charge in [0.25, 0.3) is 5.69 Å². The number of nitro benzene ring substituents is 2. The number of para-hydroxylation sites is 5. The molecule has 11 aromatic heterocycles.